The fourth-order valence-corrected chi connectivity index (χ4v) is 1.92. The van der Waals surface area contributed by atoms with E-state index in [9.17, 15) is 0 Å². The molecular weight excluding hydrogens is 234 g/mol. The summed E-state index contributed by atoms with van der Waals surface area (Å²) in [7, 11) is 0. The second kappa shape index (κ2) is 12.1. The third-order valence-electron chi connectivity index (χ3n) is 2.49. The predicted octanol–water partition coefficient (Wildman–Crippen LogP) is 1.86. The summed E-state index contributed by atoms with van der Waals surface area (Å²) >= 11 is 0. The van der Waals surface area contributed by atoms with Gasteiger partial charge in [0, 0.05) is 21.7 Å². The van der Waals surface area contributed by atoms with Gasteiger partial charge >= 0.3 is 0 Å². The number of hydrogen-bond donors (Lipinski definition) is 3. The van der Waals surface area contributed by atoms with E-state index in [1.54, 1.807) is 0 Å². The van der Waals surface area contributed by atoms with Crippen LogP contribution in [0.2, 0.25) is 0 Å². The Balaban J connectivity index is 0. The van der Waals surface area contributed by atoms with Gasteiger partial charge in [-0.25, -0.2) is 0 Å². The van der Waals surface area contributed by atoms with Crippen LogP contribution in [0.4, 0.5) is 0 Å². The Morgan fingerprint density at radius 2 is 1.31 bits per heavy atom. The first kappa shape index (κ1) is 18.9. The molecule has 0 fully saturated rings. The minimum absolute atomic E-state index is 0. The second-order valence-corrected chi connectivity index (χ2v) is 3.81. The zero-order valence-corrected chi connectivity index (χ0v) is 12.7. The molecule has 0 unspecified atom stereocenters. The third kappa shape index (κ3) is 7.80. The number of rotatable bonds is 10. The van der Waals surface area contributed by atoms with Crippen molar-refractivity contribution in [2.75, 3.05) is 19.6 Å². The Hall–Kier alpha value is 0.594. The molecule has 0 atom stereocenters. The molecule has 3 N–H and O–H groups in total. The summed E-state index contributed by atoms with van der Waals surface area (Å²) in [6.45, 7) is 13.2. The van der Waals surface area contributed by atoms with Crippen LogP contribution in [0.25, 0.3) is 0 Å². The summed E-state index contributed by atoms with van der Waals surface area (Å²) in [6, 6.07) is 0. The zero-order chi connectivity index (χ0) is 11.6. The van der Waals surface area contributed by atoms with Crippen molar-refractivity contribution in [3.8, 4) is 0 Å². The Morgan fingerprint density at radius 3 is 1.62 bits per heavy atom. The van der Waals surface area contributed by atoms with Gasteiger partial charge in [0.15, 0.2) is 0 Å². The van der Waals surface area contributed by atoms with Gasteiger partial charge in [-0.1, -0.05) is 33.6 Å². The summed E-state index contributed by atoms with van der Waals surface area (Å²) < 4.78 is 0. The average Bonchev–Trinajstić information content (AvgIpc) is 2.19. The van der Waals surface area contributed by atoms with E-state index >= 15 is 0 Å². The summed E-state index contributed by atoms with van der Waals surface area (Å²) in [5.41, 5.74) is 0. The number of nitrogens with one attached hydrogen (secondary N) is 3. The van der Waals surface area contributed by atoms with E-state index in [2.05, 4.69) is 43.6 Å². The van der Waals surface area contributed by atoms with E-state index in [0.29, 0.717) is 0 Å². The molecule has 0 aromatic carbocycles. The summed E-state index contributed by atoms with van der Waals surface area (Å²) in [5, 5.41) is 10.5. The molecule has 0 aromatic heterocycles. The molecule has 0 bridgehead atoms. The van der Waals surface area contributed by atoms with Crippen LogP contribution in [-0.4, -0.2) is 25.4 Å². The normalized spacial score (nSPS) is 11.2. The molecule has 0 saturated heterocycles. The summed E-state index contributed by atoms with van der Waals surface area (Å²) in [6.07, 6.45) is 4.54. The van der Waals surface area contributed by atoms with Gasteiger partial charge in [-0.05, 0) is 26.1 Å². The van der Waals surface area contributed by atoms with Gasteiger partial charge < -0.3 is 6.92 Å². The molecule has 0 radical (unpaired) electrons. The molecule has 4 heteroatoms. The van der Waals surface area contributed by atoms with Crippen LogP contribution in [0.3, 0.4) is 0 Å². The molecule has 3 nitrogen and oxygen atoms in total. The minimum Gasteiger partial charge on any atom is -0.343 e. The van der Waals surface area contributed by atoms with Crippen molar-refractivity contribution in [3.63, 3.8) is 0 Å². The number of hydrogen-bond acceptors (Lipinski definition) is 3. The first-order chi connectivity index (χ1) is 7.24. The van der Waals surface area contributed by atoms with E-state index in [-0.39, 0.29) is 27.5 Å². The van der Waals surface area contributed by atoms with Gasteiger partial charge in [0.1, 0.15) is 5.79 Å². The van der Waals surface area contributed by atoms with Gasteiger partial charge in [-0.2, -0.15) is 6.42 Å². The van der Waals surface area contributed by atoms with E-state index in [4.69, 9.17) is 0 Å². The van der Waals surface area contributed by atoms with Gasteiger partial charge in [0.2, 0.25) is 0 Å². The van der Waals surface area contributed by atoms with E-state index < -0.39 is 0 Å². The smallest absolute Gasteiger partial charge is 0.123 e. The molecule has 0 rings (SSSR count). The molecular formula is C12H28N3Ti-. The molecule has 0 heterocycles. The van der Waals surface area contributed by atoms with Crippen molar-refractivity contribution < 1.29 is 21.7 Å². The van der Waals surface area contributed by atoms with Crippen LogP contribution < -0.4 is 16.0 Å². The first-order valence-electron chi connectivity index (χ1n) is 6.29. The van der Waals surface area contributed by atoms with Crippen LogP contribution in [0.1, 0.15) is 46.5 Å². The van der Waals surface area contributed by atoms with Crippen LogP contribution in [0, 0.1) is 6.92 Å². The van der Waals surface area contributed by atoms with Gasteiger partial charge in [0.05, 0.1) is 0 Å². The molecule has 16 heavy (non-hydrogen) atoms. The maximum atomic E-state index is 3.88. The topological polar surface area (TPSA) is 36.1 Å². The van der Waals surface area contributed by atoms with Crippen LogP contribution in [0.15, 0.2) is 0 Å². The minimum atomic E-state index is -0.0760. The Labute approximate surface area is 116 Å². The van der Waals surface area contributed by atoms with Crippen molar-refractivity contribution in [2.24, 2.45) is 0 Å². The van der Waals surface area contributed by atoms with Crippen molar-refractivity contribution >= 4 is 0 Å². The van der Waals surface area contributed by atoms with E-state index in [1.165, 1.54) is 12.8 Å². The molecule has 0 amide bonds. The zero-order valence-electron chi connectivity index (χ0n) is 11.2. The number of unbranched alkanes of at least 4 members (excludes halogenated alkanes) is 2. The molecule has 0 aliphatic heterocycles. The Kier molecular flexibility index (Phi) is 14.3. The molecule has 0 aliphatic rings. The molecule has 96 valence electrons. The van der Waals surface area contributed by atoms with Crippen molar-refractivity contribution in [2.45, 2.75) is 52.2 Å². The summed E-state index contributed by atoms with van der Waals surface area (Å²) in [4.78, 5) is 0. The monoisotopic (exact) mass is 262 g/mol. The van der Waals surface area contributed by atoms with Crippen molar-refractivity contribution in [1.29, 1.82) is 0 Å². The second-order valence-electron chi connectivity index (χ2n) is 3.81. The standard InChI is InChI=1S/C12H28N3.Ti/c1-5-9-10-11-12(13-6-2,14-7-3)15-8-4;/h13-15H,1,5-11H2,2-4H3;/q-1;. The quantitative estimate of drug-likeness (QED) is 0.243. The fourth-order valence-electron chi connectivity index (χ4n) is 1.92. The largest absolute Gasteiger partial charge is 0.343 e. The van der Waals surface area contributed by atoms with Gasteiger partial charge in [-0.15, -0.1) is 0 Å². The third-order valence-corrected chi connectivity index (χ3v) is 2.49. The van der Waals surface area contributed by atoms with Crippen LogP contribution in [-0.2, 0) is 21.7 Å². The van der Waals surface area contributed by atoms with Crippen molar-refractivity contribution in [1.82, 2.24) is 16.0 Å². The fraction of sp³-hybridized carbons (Fsp3) is 0.917. The van der Waals surface area contributed by atoms with Crippen LogP contribution >= 0.6 is 0 Å². The molecule has 0 saturated carbocycles. The maximum Gasteiger partial charge on any atom is 0.123 e. The predicted molar refractivity (Wildman–Crippen MR) is 67.6 cm³/mol. The van der Waals surface area contributed by atoms with Gasteiger partial charge in [0.25, 0.3) is 0 Å². The average molecular weight is 262 g/mol. The molecule has 0 aliphatic carbocycles. The first-order valence-corrected chi connectivity index (χ1v) is 6.29. The maximum absolute atomic E-state index is 3.88. The Bertz CT molecular complexity index is 125. The van der Waals surface area contributed by atoms with Gasteiger partial charge in [-0.3, -0.25) is 16.0 Å². The molecule has 0 aromatic rings. The SMILES string of the molecule is [CH2-]CCCCC(NCC)(NCC)NCC.[Ti]. The summed E-state index contributed by atoms with van der Waals surface area (Å²) in [5.74, 6) is -0.0760. The molecule has 0 spiro atoms. The van der Waals surface area contributed by atoms with E-state index in [0.717, 1.165) is 32.5 Å². The van der Waals surface area contributed by atoms with Crippen molar-refractivity contribution in [3.05, 3.63) is 6.92 Å². The van der Waals surface area contributed by atoms with Crippen LogP contribution in [0.5, 0.6) is 0 Å². The Morgan fingerprint density at radius 1 is 0.875 bits per heavy atom. The van der Waals surface area contributed by atoms with E-state index in [1.807, 2.05) is 0 Å².